The number of aliphatic hydroxyl groups excluding tert-OH is 1. The molecule has 0 saturated heterocycles. The first-order valence-corrected chi connectivity index (χ1v) is 11.5. The molecule has 2 aliphatic carbocycles. The van der Waals surface area contributed by atoms with Crippen molar-refractivity contribution in [1.29, 1.82) is 0 Å². The summed E-state index contributed by atoms with van der Waals surface area (Å²) in [5.41, 5.74) is 0. The van der Waals surface area contributed by atoms with Gasteiger partial charge < -0.3 is 15.2 Å². The van der Waals surface area contributed by atoms with Crippen LogP contribution in [0.4, 0.5) is 0 Å². The number of carbonyl (C=O) groups excluding carboxylic acids is 2. The highest BCUT2D eigenvalue weighted by molar-refractivity contribution is 5.94. The largest absolute Gasteiger partial charge is 0.491 e. The number of amides is 1. The highest BCUT2D eigenvalue weighted by Crippen LogP contribution is 2.31. The molecule has 1 fully saturated rings. The monoisotopic (exact) mass is 413 g/mol. The standard InChI is InChI=1S/C25H35NO4/c27-21(18-30-22-9-5-3-6-10-22)15-16-23-19(12-17-24(23)28)8-4-1-2-7-11-25(29)26-20-13-14-20/h3,5-6,9-10,12,17,19-21,23,27H,1-2,4,7-8,11,13-16,18H2,(H,26,29). The van der Waals surface area contributed by atoms with Gasteiger partial charge >= 0.3 is 0 Å². The predicted octanol–water partition coefficient (Wildman–Crippen LogP) is 4.20. The molecule has 1 aromatic carbocycles. The van der Waals surface area contributed by atoms with E-state index in [1.165, 1.54) is 0 Å². The maximum Gasteiger partial charge on any atom is 0.220 e. The van der Waals surface area contributed by atoms with E-state index in [0.29, 0.717) is 25.3 Å². The van der Waals surface area contributed by atoms with Gasteiger partial charge in [-0.1, -0.05) is 43.5 Å². The lowest BCUT2D eigenvalue weighted by molar-refractivity contribution is -0.121. The summed E-state index contributed by atoms with van der Waals surface area (Å²) in [5.74, 6) is 1.39. The fourth-order valence-electron chi connectivity index (χ4n) is 4.05. The second-order valence-electron chi connectivity index (χ2n) is 8.68. The minimum Gasteiger partial charge on any atom is -0.491 e. The van der Waals surface area contributed by atoms with Crippen LogP contribution in [0.5, 0.6) is 5.75 Å². The third-order valence-electron chi connectivity index (χ3n) is 6.02. The quantitative estimate of drug-likeness (QED) is 0.448. The fourth-order valence-corrected chi connectivity index (χ4v) is 4.05. The van der Waals surface area contributed by atoms with Crippen LogP contribution in [0.2, 0.25) is 0 Å². The first kappa shape index (κ1) is 22.5. The zero-order valence-corrected chi connectivity index (χ0v) is 17.8. The van der Waals surface area contributed by atoms with E-state index in [0.717, 1.165) is 50.7 Å². The van der Waals surface area contributed by atoms with Crippen molar-refractivity contribution in [3.05, 3.63) is 42.5 Å². The van der Waals surface area contributed by atoms with Crippen LogP contribution in [0, 0.1) is 11.8 Å². The Balaban J connectivity index is 1.26. The molecule has 3 rings (SSSR count). The molecule has 1 saturated carbocycles. The minimum atomic E-state index is -0.568. The number of ketones is 1. The van der Waals surface area contributed by atoms with Crippen molar-refractivity contribution in [3.8, 4) is 5.75 Å². The summed E-state index contributed by atoms with van der Waals surface area (Å²) in [6.07, 6.45) is 12.5. The van der Waals surface area contributed by atoms with Crippen LogP contribution < -0.4 is 10.1 Å². The summed E-state index contributed by atoms with van der Waals surface area (Å²) < 4.78 is 5.60. The Morgan fingerprint density at radius 1 is 1.10 bits per heavy atom. The average Bonchev–Trinajstić information content (AvgIpc) is 3.49. The van der Waals surface area contributed by atoms with E-state index >= 15 is 0 Å². The van der Waals surface area contributed by atoms with E-state index in [1.807, 2.05) is 36.4 Å². The number of ether oxygens (including phenoxy) is 1. The molecular weight excluding hydrogens is 378 g/mol. The summed E-state index contributed by atoms with van der Waals surface area (Å²) in [7, 11) is 0. The number of rotatable bonds is 14. The molecule has 0 radical (unpaired) electrons. The summed E-state index contributed by atoms with van der Waals surface area (Å²) in [5, 5.41) is 13.3. The van der Waals surface area contributed by atoms with Gasteiger partial charge in [-0.05, 0) is 62.7 Å². The summed E-state index contributed by atoms with van der Waals surface area (Å²) >= 11 is 0. The lowest BCUT2D eigenvalue weighted by Crippen LogP contribution is -2.24. The predicted molar refractivity (Wildman–Crippen MR) is 117 cm³/mol. The van der Waals surface area contributed by atoms with Crippen LogP contribution in [-0.4, -0.2) is 35.5 Å². The summed E-state index contributed by atoms with van der Waals surface area (Å²) in [6, 6.07) is 9.91. The van der Waals surface area contributed by atoms with Gasteiger partial charge in [-0.15, -0.1) is 0 Å². The number of carbonyl (C=O) groups is 2. The maximum atomic E-state index is 12.2. The molecule has 30 heavy (non-hydrogen) atoms. The van der Waals surface area contributed by atoms with Crippen molar-refractivity contribution in [1.82, 2.24) is 5.32 Å². The molecule has 0 aromatic heterocycles. The first-order chi connectivity index (χ1) is 14.6. The van der Waals surface area contributed by atoms with Crippen LogP contribution in [0.3, 0.4) is 0 Å². The van der Waals surface area contributed by atoms with Crippen LogP contribution in [-0.2, 0) is 9.59 Å². The van der Waals surface area contributed by atoms with Gasteiger partial charge in [-0.25, -0.2) is 0 Å². The van der Waals surface area contributed by atoms with Gasteiger partial charge in [-0.2, -0.15) is 0 Å². The van der Waals surface area contributed by atoms with E-state index in [1.54, 1.807) is 6.08 Å². The maximum absolute atomic E-state index is 12.2. The molecular formula is C25H35NO4. The number of hydrogen-bond donors (Lipinski definition) is 2. The van der Waals surface area contributed by atoms with Gasteiger partial charge in [0, 0.05) is 18.4 Å². The van der Waals surface area contributed by atoms with Gasteiger partial charge in [0.25, 0.3) is 0 Å². The zero-order chi connectivity index (χ0) is 21.2. The molecule has 5 heteroatoms. The topological polar surface area (TPSA) is 75.6 Å². The van der Waals surface area contributed by atoms with E-state index in [2.05, 4.69) is 5.32 Å². The third-order valence-corrected chi connectivity index (χ3v) is 6.02. The summed E-state index contributed by atoms with van der Waals surface area (Å²) in [4.78, 5) is 23.9. The molecule has 0 heterocycles. The molecule has 0 aliphatic heterocycles. The number of nitrogens with one attached hydrogen (secondary N) is 1. The molecule has 2 aliphatic rings. The van der Waals surface area contributed by atoms with Crippen molar-refractivity contribution in [2.75, 3.05) is 6.61 Å². The average molecular weight is 414 g/mol. The molecule has 3 atom stereocenters. The Bertz CT molecular complexity index is 698. The molecule has 2 N–H and O–H groups in total. The van der Waals surface area contributed by atoms with Crippen molar-refractivity contribution < 1.29 is 19.4 Å². The van der Waals surface area contributed by atoms with Crippen LogP contribution in [0.15, 0.2) is 42.5 Å². The minimum absolute atomic E-state index is 0.0132. The Morgan fingerprint density at radius 3 is 2.63 bits per heavy atom. The van der Waals surface area contributed by atoms with E-state index < -0.39 is 6.10 Å². The molecule has 1 aromatic rings. The van der Waals surface area contributed by atoms with Gasteiger partial charge in [0.15, 0.2) is 5.78 Å². The number of para-hydroxylation sites is 1. The SMILES string of the molecule is O=C(CCCCCCC1C=CC(=O)C1CCC(O)COc1ccccc1)NC1CC1. The van der Waals surface area contributed by atoms with Crippen LogP contribution >= 0.6 is 0 Å². The van der Waals surface area contributed by atoms with Gasteiger partial charge in [0.2, 0.25) is 5.91 Å². The van der Waals surface area contributed by atoms with Crippen LogP contribution in [0.25, 0.3) is 0 Å². The zero-order valence-electron chi connectivity index (χ0n) is 17.8. The van der Waals surface area contributed by atoms with E-state index in [-0.39, 0.29) is 30.1 Å². The van der Waals surface area contributed by atoms with E-state index in [9.17, 15) is 14.7 Å². The number of unbranched alkanes of at least 4 members (excludes halogenated alkanes) is 3. The molecule has 5 nitrogen and oxygen atoms in total. The number of hydrogen-bond acceptors (Lipinski definition) is 4. The highest BCUT2D eigenvalue weighted by atomic mass is 16.5. The van der Waals surface area contributed by atoms with E-state index in [4.69, 9.17) is 4.74 Å². The van der Waals surface area contributed by atoms with Crippen molar-refractivity contribution in [2.24, 2.45) is 11.8 Å². The second-order valence-corrected chi connectivity index (χ2v) is 8.68. The molecule has 3 unspecified atom stereocenters. The third kappa shape index (κ3) is 7.94. The van der Waals surface area contributed by atoms with Gasteiger partial charge in [-0.3, -0.25) is 9.59 Å². The lowest BCUT2D eigenvalue weighted by Gasteiger charge is -2.20. The highest BCUT2D eigenvalue weighted by Gasteiger charge is 2.29. The number of allylic oxidation sites excluding steroid dienone is 2. The normalized spacial score (nSPS) is 21.6. The van der Waals surface area contributed by atoms with Crippen molar-refractivity contribution >= 4 is 11.7 Å². The Morgan fingerprint density at radius 2 is 1.87 bits per heavy atom. The lowest BCUT2D eigenvalue weighted by atomic mass is 9.86. The number of aliphatic hydroxyl groups is 1. The van der Waals surface area contributed by atoms with Crippen molar-refractivity contribution in [2.45, 2.75) is 76.4 Å². The Kier molecular flexibility index (Phi) is 8.94. The Hall–Kier alpha value is -2.14. The number of benzene rings is 1. The molecule has 1 amide bonds. The van der Waals surface area contributed by atoms with Crippen LogP contribution in [0.1, 0.15) is 64.2 Å². The fraction of sp³-hybridized carbons (Fsp3) is 0.600. The Labute approximate surface area is 179 Å². The van der Waals surface area contributed by atoms with Gasteiger partial charge in [0.05, 0.1) is 6.10 Å². The first-order valence-electron chi connectivity index (χ1n) is 11.5. The smallest absolute Gasteiger partial charge is 0.220 e. The second kappa shape index (κ2) is 11.9. The molecule has 0 bridgehead atoms. The van der Waals surface area contributed by atoms with Crippen molar-refractivity contribution in [3.63, 3.8) is 0 Å². The molecule has 164 valence electrons. The summed E-state index contributed by atoms with van der Waals surface area (Å²) in [6.45, 7) is 0.247. The molecule has 0 spiro atoms. The van der Waals surface area contributed by atoms with Gasteiger partial charge in [0.1, 0.15) is 12.4 Å².